The third kappa shape index (κ3) is 6.33. The first-order valence-electron chi connectivity index (χ1n) is 17.1. The van der Waals surface area contributed by atoms with Gasteiger partial charge in [0.05, 0.1) is 0 Å². The molecule has 0 N–H and O–H groups in total. The van der Waals surface area contributed by atoms with Crippen LogP contribution in [0.2, 0.25) is 0 Å². The Bertz CT molecular complexity index is 1630. The summed E-state index contributed by atoms with van der Waals surface area (Å²) in [6, 6.07) is 61.7. The Morgan fingerprint density at radius 1 is 0.447 bits per heavy atom. The lowest BCUT2D eigenvalue weighted by Gasteiger charge is -2.44. The fraction of sp³-hybridized carbons (Fsp3) is 0.200. The molecule has 1 fully saturated rings. The van der Waals surface area contributed by atoms with Gasteiger partial charge in [-0.3, -0.25) is 0 Å². The Morgan fingerprint density at radius 2 is 0.766 bits per heavy atom. The zero-order chi connectivity index (χ0) is 32.1. The second-order valence-corrected chi connectivity index (χ2v) is 13.3. The first-order chi connectivity index (χ1) is 23.1. The van der Waals surface area contributed by atoms with E-state index < -0.39 is 0 Å². The number of para-hydroxylation sites is 4. The molecule has 6 aromatic carbocycles. The van der Waals surface area contributed by atoms with Crippen molar-refractivity contribution in [2.75, 3.05) is 9.80 Å². The Morgan fingerprint density at radius 3 is 1.09 bits per heavy atom. The molecular weight excluding hydrogens is 569 g/mol. The van der Waals surface area contributed by atoms with Gasteiger partial charge < -0.3 is 9.80 Å². The predicted molar refractivity (Wildman–Crippen MR) is 200 cm³/mol. The van der Waals surface area contributed by atoms with E-state index in [4.69, 9.17) is 0 Å². The van der Waals surface area contributed by atoms with E-state index in [-0.39, 0.29) is 5.41 Å². The summed E-state index contributed by atoms with van der Waals surface area (Å²) >= 11 is 0. The third-order valence-corrected chi connectivity index (χ3v) is 10.1. The molecule has 0 radical (unpaired) electrons. The van der Waals surface area contributed by atoms with Crippen molar-refractivity contribution in [3.8, 4) is 0 Å². The Labute approximate surface area is 281 Å². The largest absolute Gasteiger partial charge is 0.311 e. The van der Waals surface area contributed by atoms with Crippen molar-refractivity contribution in [1.29, 1.82) is 0 Å². The van der Waals surface area contributed by atoms with Gasteiger partial charge in [-0.2, -0.15) is 0 Å². The van der Waals surface area contributed by atoms with Crippen molar-refractivity contribution >= 4 is 34.1 Å². The number of benzene rings is 6. The highest BCUT2D eigenvalue weighted by atomic mass is 15.1. The molecule has 0 aromatic heterocycles. The van der Waals surface area contributed by atoms with Gasteiger partial charge in [0.1, 0.15) is 0 Å². The van der Waals surface area contributed by atoms with Gasteiger partial charge in [-0.1, -0.05) is 124 Å². The van der Waals surface area contributed by atoms with E-state index in [1.165, 1.54) is 41.8 Å². The molecule has 1 atom stereocenters. The van der Waals surface area contributed by atoms with E-state index in [0.717, 1.165) is 29.2 Å². The molecule has 2 heteroatoms. The van der Waals surface area contributed by atoms with Crippen LogP contribution >= 0.6 is 0 Å². The monoisotopic (exact) mass is 612 g/mol. The second kappa shape index (κ2) is 13.7. The zero-order valence-corrected chi connectivity index (χ0v) is 27.5. The van der Waals surface area contributed by atoms with Crippen LogP contribution in [0, 0.1) is 11.8 Å². The van der Waals surface area contributed by atoms with E-state index in [1.807, 2.05) is 0 Å². The maximum absolute atomic E-state index is 2.41. The van der Waals surface area contributed by atoms with Gasteiger partial charge >= 0.3 is 0 Å². The molecule has 0 saturated heterocycles. The molecule has 0 spiro atoms. The molecule has 0 amide bonds. The zero-order valence-electron chi connectivity index (χ0n) is 27.5. The van der Waals surface area contributed by atoms with Gasteiger partial charge in [-0.15, -0.1) is 0 Å². The molecule has 234 valence electrons. The van der Waals surface area contributed by atoms with Crippen molar-refractivity contribution in [1.82, 2.24) is 0 Å². The molecule has 0 heterocycles. The van der Waals surface area contributed by atoms with Crippen LogP contribution in [0.1, 0.15) is 50.7 Å². The summed E-state index contributed by atoms with van der Waals surface area (Å²) in [6.45, 7) is 4.81. The van der Waals surface area contributed by atoms with E-state index in [2.05, 4.69) is 194 Å². The third-order valence-electron chi connectivity index (χ3n) is 10.1. The van der Waals surface area contributed by atoms with E-state index in [1.54, 1.807) is 0 Å². The smallest absolute Gasteiger partial charge is 0.0461 e. The van der Waals surface area contributed by atoms with Crippen LogP contribution in [0.5, 0.6) is 0 Å². The summed E-state index contributed by atoms with van der Waals surface area (Å²) in [5.74, 6) is 1.35. The summed E-state index contributed by atoms with van der Waals surface area (Å²) in [4.78, 5) is 4.70. The number of rotatable bonds is 9. The Kier molecular flexibility index (Phi) is 8.93. The van der Waals surface area contributed by atoms with Gasteiger partial charge in [0.2, 0.25) is 0 Å². The molecule has 6 aromatic rings. The van der Waals surface area contributed by atoms with Gasteiger partial charge in [-0.25, -0.2) is 0 Å². The number of anilines is 6. The van der Waals surface area contributed by atoms with Crippen molar-refractivity contribution in [3.05, 3.63) is 181 Å². The first-order valence-corrected chi connectivity index (χ1v) is 17.1. The minimum atomic E-state index is -0.0289. The summed E-state index contributed by atoms with van der Waals surface area (Å²) in [5, 5.41) is 0. The molecular formula is C45H44N2. The van der Waals surface area contributed by atoms with Gasteiger partial charge in [-0.05, 0) is 109 Å². The molecule has 7 rings (SSSR count). The van der Waals surface area contributed by atoms with E-state index in [9.17, 15) is 0 Å². The SMILES string of the molecule is CC(C)C1CCCC(c2ccc(N(c3ccccc3)c3ccccc3)cc2)(c2ccc(N(c3ccccc3)c3ccccc3)cc2)C1. The molecule has 0 bridgehead atoms. The number of hydrogen-bond acceptors (Lipinski definition) is 2. The normalized spacial score (nSPS) is 15.7. The molecule has 1 unspecified atom stereocenters. The number of hydrogen-bond donors (Lipinski definition) is 0. The van der Waals surface area contributed by atoms with Gasteiger partial charge in [0, 0.05) is 39.5 Å². The van der Waals surface area contributed by atoms with Crippen LogP contribution in [0.25, 0.3) is 0 Å². The van der Waals surface area contributed by atoms with Crippen LogP contribution in [0.3, 0.4) is 0 Å². The van der Waals surface area contributed by atoms with Crippen molar-refractivity contribution in [2.45, 2.75) is 44.9 Å². The van der Waals surface area contributed by atoms with Crippen molar-refractivity contribution < 1.29 is 0 Å². The van der Waals surface area contributed by atoms with Crippen LogP contribution in [-0.2, 0) is 5.41 Å². The first kappa shape index (κ1) is 30.6. The standard InChI is InChI=1S/C45H44N2/c1-35(2)36-16-15-33-45(34-36,37-25-29-43(30-26-37)46(39-17-7-3-8-18-39)40-19-9-4-10-20-40)38-27-31-44(32-28-38)47(41-21-11-5-12-22-41)42-23-13-6-14-24-42/h3-14,17-32,35-36H,15-16,33-34H2,1-2H3. The van der Waals surface area contributed by atoms with Crippen LogP contribution in [-0.4, -0.2) is 0 Å². The summed E-state index contributed by atoms with van der Waals surface area (Å²) < 4.78 is 0. The molecule has 1 aliphatic rings. The maximum atomic E-state index is 2.41. The molecule has 2 nitrogen and oxygen atoms in total. The molecule has 1 aliphatic carbocycles. The fourth-order valence-corrected chi connectivity index (χ4v) is 7.64. The highest BCUT2D eigenvalue weighted by Crippen LogP contribution is 2.50. The summed E-state index contributed by atoms with van der Waals surface area (Å²) in [6.07, 6.45) is 4.89. The summed E-state index contributed by atoms with van der Waals surface area (Å²) in [7, 11) is 0. The fourth-order valence-electron chi connectivity index (χ4n) is 7.64. The minimum absolute atomic E-state index is 0.0289. The average molecular weight is 613 g/mol. The lowest BCUT2D eigenvalue weighted by molar-refractivity contribution is 0.207. The highest BCUT2D eigenvalue weighted by molar-refractivity contribution is 5.78. The Hall–Kier alpha value is -5.08. The van der Waals surface area contributed by atoms with Crippen LogP contribution in [0.4, 0.5) is 34.1 Å². The molecule has 0 aliphatic heterocycles. The predicted octanol–water partition coefficient (Wildman–Crippen LogP) is 12.8. The van der Waals surface area contributed by atoms with Gasteiger partial charge in [0.15, 0.2) is 0 Å². The molecule has 47 heavy (non-hydrogen) atoms. The lowest BCUT2D eigenvalue weighted by atomic mass is 9.60. The Balaban J connectivity index is 1.28. The van der Waals surface area contributed by atoms with E-state index in [0.29, 0.717) is 11.8 Å². The van der Waals surface area contributed by atoms with Crippen molar-refractivity contribution in [2.24, 2.45) is 11.8 Å². The number of nitrogens with zero attached hydrogens (tertiary/aromatic N) is 2. The molecule has 1 saturated carbocycles. The quantitative estimate of drug-likeness (QED) is 0.160. The second-order valence-electron chi connectivity index (χ2n) is 13.3. The van der Waals surface area contributed by atoms with Crippen molar-refractivity contribution in [3.63, 3.8) is 0 Å². The van der Waals surface area contributed by atoms with Crippen LogP contribution < -0.4 is 9.80 Å². The minimum Gasteiger partial charge on any atom is -0.311 e. The maximum Gasteiger partial charge on any atom is 0.0461 e. The average Bonchev–Trinajstić information content (AvgIpc) is 3.14. The van der Waals surface area contributed by atoms with Crippen LogP contribution in [0.15, 0.2) is 170 Å². The summed E-state index contributed by atoms with van der Waals surface area (Å²) in [5.41, 5.74) is 9.81. The topological polar surface area (TPSA) is 6.48 Å². The van der Waals surface area contributed by atoms with Gasteiger partial charge in [0.25, 0.3) is 0 Å². The highest BCUT2D eigenvalue weighted by Gasteiger charge is 2.40. The van der Waals surface area contributed by atoms with E-state index >= 15 is 0 Å². The lowest BCUT2D eigenvalue weighted by Crippen LogP contribution is -2.36.